The van der Waals surface area contributed by atoms with Crippen molar-refractivity contribution in [3.05, 3.63) is 29.8 Å². The molecule has 1 unspecified atom stereocenters. The van der Waals surface area contributed by atoms with E-state index in [4.69, 9.17) is 0 Å². The van der Waals surface area contributed by atoms with Gasteiger partial charge in [-0.1, -0.05) is 13.3 Å². The summed E-state index contributed by atoms with van der Waals surface area (Å²) in [6.07, 6.45) is 4.71. The van der Waals surface area contributed by atoms with Crippen molar-refractivity contribution in [1.29, 1.82) is 0 Å². The first-order valence-electron chi connectivity index (χ1n) is 6.11. The number of hydrogen-bond acceptors (Lipinski definition) is 2. The minimum Gasteiger partial charge on any atom is -0.338 e. The molecule has 1 aliphatic heterocycles. The van der Waals surface area contributed by atoms with Crippen LogP contribution in [0.4, 0.5) is 4.39 Å². The fourth-order valence-electron chi connectivity index (χ4n) is 2.38. The van der Waals surface area contributed by atoms with E-state index in [-0.39, 0.29) is 5.91 Å². The van der Waals surface area contributed by atoms with E-state index in [0.717, 1.165) is 32.4 Å². The molecule has 4 heteroatoms. The van der Waals surface area contributed by atoms with E-state index in [1.807, 2.05) is 4.90 Å². The van der Waals surface area contributed by atoms with Crippen molar-refractivity contribution in [1.82, 2.24) is 9.88 Å². The van der Waals surface area contributed by atoms with Gasteiger partial charge in [-0.15, -0.1) is 0 Å². The van der Waals surface area contributed by atoms with Crippen LogP contribution in [-0.2, 0) is 0 Å². The third-order valence-corrected chi connectivity index (χ3v) is 3.24. The molecular formula is C13H17FN2O. The highest BCUT2D eigenvalue weighted by Gasteiger charge is 2.26. The molecular weight excluding hydrogens is 219 g/mol. The number of carbonyl (C=O) groups excluding carboxylic acids is 1. The zero-order valence-corrected chi connectivity index (χ0v) is 10.0. The molecule has 0 radical (unpaired) electrons. The quantitative estimate of drug-likeness (QED) is 0.755. The van der Waals surface area contributed by atoms with Crippen LogP contribution in [-0.4, -0.2) is 28.9 Å². The fraction of sp³-hybridized carbons (Fsp3) is 0.538. The Kier molecular flexibility index (Phi) is 3.71. The number of rotatable bonds is 3. The zero-order chi connectivity index (χ0) is 12.3. The molecule has 0 spiro atoms. The first-order chi connectivity index (χ1) is 8.20. The van der Waals surface area contributed by atoms with Crippen molar-refractivity contribution >= 4 is 5.91 Å². The molecule has 1 fully saturated rings. The molecule has 1 amide bonds. The van der Waals surface area contributed by atoms with Crippen LogP contribution in [0.2, 0.25) is 0 Å². The van der Waals surface area contributed by atoms with Crippen LogP contribution in [0.1, 0.15) is 36.5 Å². The molecule has 92 valence electrons. The highest BCUT2D eigenvalue weighted by Crippen LogP contribution is 2.22. The smallest absolute Gasteiger partial charge is 0.254 e. The van der Waals surface area contributed by atoms with Gasteiger partial charge in [0.25, 0.3) is 5.91 Å². The summed E-state index contributed by atoms with van der Waals surface area (Å²) in [5, 5.41) is 0. The Morgan fingerprint density at radius 2 is 2.47 bits per heavy atom. The number of likely N-dealkylation sites (tertiary alicyclic amines) is 1. The lowest BCUT2D eigenvalue weighted by Crippen LogP contribution is -2.28. The standard InChI is InChI=1S/C13H17FN2O/c1-2-3-10-5-7-16(9-10)13(17)11-4-6-15-12(14)8-11/h4,6,8,10H,2-3,5,7,9H2,1H3. The van der Waals surface area contributed by atoms with E-state index >= 15 is 0 Å². The van der Waals surface area contributed by atoms with Crippen LogP contribution in [0.15, 0.2) is 18.3 Å². The molecule has 1 aromatic rings. The van der Waals surface area contributed by atoms with Gasteiger partial charge in [0.1, 0.15) is 0 Å². The second kappa shape index (κ2) is 5.25. The molecule has 1 aliphatic rings. The number of halogens is 1. The van der Waals surface area contributed by atoms with Crippen LogP contribution in [0.5, 0.6) is 0 Å². The van der Waals surface area contributed by atoms with Crippen molar-refractivity contribution in [2.24, 2.45) is 5.92 Å². The summed E-state index contributed by atoms with van der Waals surface area (Å²) in [5.41, 5.74) is 0.398. The predicted molar refractivity (Wildman–Crippen MR) is 63.1 cm³/mol. The molecule has 1 aromatic heterocycles. The van der Waals surface area contributed by atoms with Gasteiger partial charge in [0.2, 0.25) is 5.95 Å². The summed E-state index contributed by atoms with van der Waals surface area (Å²) >= 11 is 0. The van der Waals surface area contributed by atoms with Crippen LogP contribution in [0.25, 0.3) is 0 Å². The van der Waals surface area contributed by atoms with E-state index in [9.17, 15) is 9.18 Å². The van der Waals surface area contributed by atoms with Gasteiger partial charge in [-0.25, -0.2) is 4.98 Å². The summed E-state index contributed by atoms with van der Waals surface area (Å²) in [6, 6.07) is 2.77. The van der Waals surface area contributed by atoms with Crippen molar-refractivity contribution < 1.29 is 9.18 Å². The Hall–Kier alpha value is -1.45. The Balaban J connectivity index is 2.02. The number of pyridine rings is 1. The first kappa shape index (κ1) is 12.0. The SMILES string of the molecule is CCCC1CCN(C(=O)c2ccnc(F)c2)C1. The lowest BCUT2D eigenvalue weighted by atomic mass is 10.0. The Morgan fingerprint density at radius 3 is 3.18 bits per heavy atom. The van der Waals surface area contributed by atoms with E-state index in [2.05, 4.69) is 11.9 Å². The molecule has 0 saturated carbocycles. The number of aromatic nitrogens is 1. The largest absolute Gasteiger partial charge is 0.338 e. The van der Waals surface area contributed by atoms with Crippen molar-refractivity contribution in [3.8, 4) is 0 Å². The molecule has 1 saturated heterocycles. The lowest BCUT2D eigenvalue weighted by molar-refractivity contribution is 0.0786. The maximum Gasteiger partial charge on any atom is 0.254 e. The normalized spacial score (nSPS) is 19.6. The van der Waals surface area contributed by atoms with Crippen molar-refractivity contribution in [2.45, 2.75) is 26.2 Å². The minimum atomic E-state index is -0.597. The minimum absolute atomic E-state index is 0.0788. The number of carbonyl (C=O) groups is 1. The molecule has 0 N–H and O–H groups in total. The van der Waals surface area contributed by atoms with Crippen molar-refractivity contribution in [3.63, 3.8) is 0 Å². The van der Waals surface area contributed by atoms with Gasteiger partial charge in [0.05, 0.1) is 0 Å². The average molecular weight is 236 g/mol. The Bertz CT molecular complexity index is 408. The van der Waals surface area contributed by atoms with E-state index in [0.29, 0.717) is 11.5 Å². The summed E-state index contributed by atoms with van der Waals surface area (Å²) in [5.74, 6) is -0.0688. The highest BCUT2D eigenvalue weighted by molar-refractivity contribution is 5.94. The fourth-order valence-corrected chi connectivity index (χ4v) is 2.38. The van der Waals surface area contributed by atoms with Crippen LogP contribution in [0, 0.1) is 11.9 Å². The van der Waals surface area contributed by atoms with E-state index < -0.39 is 5.95 Å². The molecule has 17 heavy (non-hydrogen) atoms. The predicted octanol–water partition coefficient (Wildman–Crippen LogP) is 2.48. The number of nitrogens with zero attached hydrogens (tertiary/aromatic N) is 2. The molecule has 3 nitrogen and oxygen atoms in total. The Labute approximate surface area is 101 Å². The van der Waals surface area contributed by atoms with Crippen molar-refractivity contribution in [2.75, 3.05) is 13.1 Å². The molecule has 0 aliphatic carbocycles. The van der Waals surface area contributed by atoms with E-state index in [1.54, 1.807) is 6.07 Å². The third-order valence-electron chi connectivity index (χ3n) is 3.24. The van der Waals surface area contributed by atoms with Gasteiger partial charge < -0.3 is 4.90 Å². The number of amides is 1. The first-order valence-corrected chi connectivity index (χ1v) is 6.11. The van der Waals surface area contributed by atoms with Crippen LogP contribution < -0.4 is 0 Å². The summed E-state index contributed by atoms with van der Waals surface area (Å²) < 4.78 is 12.9. The summed E-state index contributed by atoms with van der Waals surface area (Å²) in [7, 11) is 0. The van der Waals surface area contributed by atoms with Gasteiger partial charge in [-0.05, 0) is 24.8 Å². The zero-order valence-electron chi connectivity index (χ0n) is 10.0. The summed E-state index contributed by atoms with van der Waals surface area (Å²) in [4.78, 5) is 17.4. The topological polar surface area (TPSA) is 33.2 Å². The highest BCUT2D eigenvalue weighted by atomic mass is 19.1. The van der Waals surface area contributed by atoms with Gasteiger partial charge in [-0.3, -0.25) is 4.79 Å². The van der Waals surface area contributed by atoms with Gasteiger partial charge in [0.15, 0.2) is 0 Å². The van der Waals surface area contributed by atoms with Crippen LogP contribution >= 0.6 is 0 Å². The third kappa shape index (κ3) is 2.81. The Morgan fingerprint density at radius 1 is 1.65 bits per heavy atom. The lowest BCUT2D eigenvalue weighted by Gasteiger charge is -2.16. The van der Waals surface area contributed by atoms with Crippen LogP contribution in [0.3, 0.4) is 0 Å². The monoisotopic (exact) mass is 236 g/mol. The maximum atomic E-state index is 12.9. The van der Waals surface area contributed by atoms with E-state index in [1.165, 1.54) is 12.3 Å². The molecule has 2 rings (SSSR count). The number of hydrogen-bond donors (Lipinski definition) is 0. The second-order valence-corrected chi connectivity index (χ2v) is 4.56. The second-order valence-electron chi connectivity index (χ2n) is 4.56. The molecule has 0 aromatic carbocycles. The van der Waals surface area contributed by atoms with Gasteiger partial charge in [0, 0.05) is 30.9 Å². The van der Waals surface area contributed by atoms with Gasteiger partial charge >= 0.3 is 0 Å². The molecule has 1 atom stereocenters. The average Bonchev–Trinajstić information content (AvgIpc) is 2.77. The van der Waals surface area contributed by atoms with Gasteiger partial charge in [-0.2, -0.15) is 4.39 Å². The summed E-state index contributed by atoms with van der Waals surface area (Å²) in [6.45, 7) is 3.74. The maximum absolute atomic E-state index is 12.9. The molecule has 0 bridgehead atoms. The molecule has 2 heterocycles.